The molecule has 0 saturated carbocycles. The van der Waals surface area contributed by atoms with E-state index in [1.165, 1.54) is 4.90 Å². The quantitative estimate of drug-likeness (QED) is 0.851. The second-order valence-corrected chi connectivity index (χ2v) is 5.37. The molecule has 0 saturated heterocycles. The number of carbonyl (C=O) groups is 1. The lowest BCUT2D eigenvalue weighted by Gasteiger charge is -2.08. The molecular weight excluding hydrogens is 272 g/mol. The zero-order valence-corrected chi connectivity index (χ0v) is 11.7. The van der Waals surface area contributed by atoms with Crippen molar-refractivity contribution in [2.45, 2.75) is 10.9 Å². The third kappa shape index (κ3) is 2.37. The van der Waals surface area contributed by atoms with Gasteiger partial charge in [0.15, 0.2) is 0 Å². The summed E-state index contributed by atoms with van der Waals surface area (Å²) in [5, 5.41) is 2.74. The van der Waals surface area contributed by atoms with Crippen LogP contribution in [0.5, 0.6) is 11.5 Å². The highest BCUT2D eigenvalue weighted by molar-refractivity contribution is 7.98. The molecule has 0 fully saturated rings. The molecule has 0 aliphatic carbocycles. The van der Waals surface area contributed by atoms with Gasteiger partial charge >= 0.3 is 0 Å². The molecule has 1 atom stereocenters. The lowest BCUT2D eigenvalue weighted by atomic mass is 10.1. The minimum absolute atomic E-state index is 0.179. The van der Waals surface area contributed by atoms with Crippen molar-refractivity contribution in [2.75, 3.05) is 11.6 Å². The highest BCUT2D eigenvalue weighted by atomic mass is 32.2. The predicted molar refractivity (Wildman–Crippen MR) is 80.3 cm³/mol. The van der Waals surface area contributed by atoms with E-state index in [9.17, 15) is 4.79 Å². The third-order valence-electron chi connectivity index (χ3n) is 3.20. The zero-order chi connectivity index (χ0) is 14.1. The van der Waals surface area contributed by atoms with Gasteiger partial charge in [-0.3, -0.25) is 4.79 Å². The number of carbonyl (C=O) groups excluding carboxylic acids is 1. The van der Waals surface area contributed by atoms with E-state index >= 15 is 0 Å². The maximum atomic E-state index is 11.5. The molecule has 0 bridgehead atoms. The minimum atomic E-state index is -0.583. The first-order valence-electron chi connectivity index (χ1n) is 6.19. The summed E-state index contributed by atoms with van der Waals surface area (Å²) in [7, 11) is 0. The summed E-state index contributed by atoms with van der Waals surface area (Å²) in [6, 6.07) is 12.7. The van der Waals surface area contributed by atoms with Crippen LogP contribution in [0.2, 0.25) is 0 Å². The zero-order valence-electron chi connectivity index (χ0n) is 10.9. The van der Waals surface area contributed by atoms with Gasteiger partial charge in [-0.1, -0.05) is 6.07 Å². The molecule has 20 heavy (non-hydrogen) atoms. The number of nitrogens with two attached hydrogens (primary N) is 1. The van der Waals surface area contributed by atoms with Crippen molar-refractivity contribution in [3.63, 3.8) is 0 Å². The van der Waals surface area contributed by atoms with Crippen LogP contribution in [-0.2, 0) is 4.79 Å². The summed E-state index contributed by atoms with van der Waals surface area (Å²) < 4.78 is 5.77. The van der Waals surface area contributed by atoms with Gasteiger partial charge in [-0.2, -0.15) is 0 Å². The highest BCUT2D eigenvalue weighted by Gasteiger charge is 2.27. The van der Waals surface area contributed by atoms with E-state index in [1.807, 2.05) is 42.7 Å². The largest absolute Gasteiger partial charge is 0.457 e. The van der Waals surface area contributed by atoms with Gasteiger partial charge in [-0.25, -0.2) is 0 Å². The SMILES string of the molecule is CSc1ccc(Oc2ccc3c(c2)NC(=O)C3N)cc1. The van der Waals surface area contributed by atoms with Gasteiger partial charge in [0, 0.05) is 22.2 Å². The second kappa shape index (κ2) is 5.19. The summed E-state index contributed by atoms with van der Waals surface area (Å²) in [4.78, 5) is 12.7. The number of thioether (sulfide) groups is 1. The average molecular weight is 286 g/mol. The molecule has 1 aliphatic rings. The van der Waals surface area contributed by atoms with E-state index in [0.717, 1.165) is 17.0 Å². The van der Waals surface area contributed by atoms with Crippen LogP contribution in [0, 0.1) is 0 Å². The Morgan fingerprint density at radius 2 is 1.85 bits per heavy atom. The lowest BCUT2D eigenvalue weighted by molar-refractivity contribution is -0.116. The van der Waals surface area contributed by atoms with Crippen molar-refractivity contribution in [3.05, 3.63) is 48.0 Å². The Hall–Kier alpha value is -1.98. The normalized spacial score (nSPS) is 16.7. The maximum absolute atomic E-state index is 11.5. The first-order chi connectivity index (χ1) is 9.67. The number of amides is 1. The number of hydrogen-bond donors (Lipinski definition) is 2. The smallest absolute Gasteiger partial charge is 0.245 e. The standard InChI is InChI=1S/C15H14N2O2S/c1-20-11-5-2-9(3-6-11)19-10-4-7-12-13(8-10)17-15(18)14(12)16/h2-8,14H,16H2,1H3,(H,17,18). The number of hydrogen-bond acceptors (Lipinski definition) is 4. The van der Waals surface area contributed by atoms with Gasteiger partial charge in [0.1, 0.15) is 17.5 Å². The summed E-state index contributed by atoms with van der Waals surface area (Å²) >= 11 is 1.68. The molecule has 5 heteroatoms. The van der Waals surface area contributed by atoms with Crippen molar-refractivity contribution >= 4 is 23.4 Å². The fourth-order valence-electron chi connectivity index (χ4n) is 2.11. The van der Waals surface area contributed by atoms with Crippen LogP contribution in [0.25, 0.3) is 0 Å². The molecule has 0 spiro atoms. The van der Waals surface area contributed by atoms with Crippen molar-refractivity contribution in [1.82, 2.24) is 0 Å². The van der Waals surface area contributed by atoms with Crippen LogP contribution >= 0.6 is 11.8 Å². The fraction of sp³-hybridized carbons (Fsp3) is 0.133. The molecule has 3 N–H and O–H groups in total. The van der Waals surface area contributed by atoms with Crippen LogP contribution in [0.3, 0.4) is 0 Å². The minimum Gasteiger partial charge on any atom is -0.457 e. The van der Waals surface area contributed by atoms with Gasteiger partial charge in [0.25, 0.3) is 0 Å². The van der Waals surface area contributed by atoms with Crippen LogP contribution in [0.4, 0.5) is 5.69 Å². The number of nitrogens with one attached hydrogen (secondary N) is 1. The van der Waals surface area contributed by atoms with Gasteiger partial charge in [-0.15, -0.1) is 11.8 Å². The molecule has 0 aromatic heterocycles. The van der Waals surface area contributed by atoms with Crippen LogP contribution < -0.4 is 15.8 Å². The van der Waals surface area contributed by atoms with Crippen molar-refractivity contribution in [2.24, 2.45) is 5.73 Å². The fourth-order valence-corrected chi connectivity index (χ4v) is 2.52. The topological polar surface area (TPSA) is 64.3 Å². The van der Waals surface area contributed by atoms with E-state index in [4.69, 9.17) is 10.5 Å². The lowest BCUT2D eigenvalue weighted by Crippen LogP contribution is -2.19. The first-order valence-corrected chi connectivity index (χ1v) is 7.42. The Morgan fingerprint density at radius 3 is 2.55 bits per heavy atom. The molecule has 1 aliphatic heterocycles. The maximum Gasteiger partial charge on any atom is 0.245 e. The van der Waals surface area contributed by atoms with Crippen molar-refractivity contribution in [3.8, 4) is 11.5 Å². The van der Waals surface area contributed by atoms with Crippen LogP contribution in [-0.4, -0.2) is 12.2 Å². The third-order valence-corrected chi connectivity index (χ3v) is 3.94. The average Bonchev–Trinajstić information content (AvgIpc) is 2.74. The molecule has 4 nitrogen and oxygen atoms in total. The van der Waals surface area contributed by atoms with Crippen molar-refractivity contribution in [1.29, 1.82) is 0 Å². The van der Waals surface area contributed by atoms with Gasteiger partial charge in [0.05, 0.1) is 0 Å². The predicted octanol–water partition coefficient (Wildman–Crippen LogP) is 3.15. The molecule has 1 heterocycles. The van der Waals surface area contributed by atoms with Gasteiger partial charge < -0.3 is 15.8 Å². The molecular formula is C15H14N2O2S. The summed E-state index contributed by atoms with van der Waals surface area (Å²) in [6.45, 7) is 0. The van der Waals surface area contributed by atoms with E-state index in [0.29, 0.717) is 5.75 Å². The van der Waals surface area contributed by atoms with E-state index in [-0.39, 0.29) is 5.91 Å². The number of benzene rings is 2. The molecule has 1 amide bonds. The highest BCUT2D eigenvalue weighted by Crippen LogP contribution is 2.34. The number of fused-ring (bicyclic) bond motifs is 1. The Balaban J connectivity index is 1.82. The molecule has 0 radical (unpaired) electrons. The van der Waals surface area contributed by atoms with E-state index in [1.54, 1.807) is 17.8 Å². The summed E-state index contributed by atoms with van der Waals surface area (Å²) in [6.07, 6.45) is 2.03. The van der Waals surface area contributed by atoms with Gasteiger partial charge in [-0.05, 0) is 36.6 Å². The second-order valence-electron chi connectivity index (χ2n) is 4.49. The van der Waals surface area contributed by atoms with Crippen LogP contribution in [0.15, 0.2) is 47.4 Å². The molecule has 2 aromatic rings. The van der Waals surface area contributed by atoms with Crippen molar-refractivity contribution < 1.29 is 9.53 Å². The number of rotatable bonds is 3. The summed E-state index contributed by atoms with van der Waals surface area (Å²) in [5.74, 6) is 1.26. The Kier molecular flexibility index (Phi) is 3.38. The number of anilines is 1. The van der Waals surface area contributed by atoms with Gasteiger partial charge in [0.2, 0.25) is 5.91 Å². The molecule has 102 valence electrons. The first kappa shape index (κ1) is 13.0. The van der Waals surface area contributed by atoms with E-state index < -0.39 is 6.04 Å². The monoisotopic (exact) mass is 286 g/mol. The summed E-state index contributed by atoms with van der Waals surface area (Å²) in [5.41, 5.74) is 7.30. The molecule has 2 aromatic carbocycles. The Morgan fingerprint density at radius 1 is 1.15 bits per heavy atom. The molecule has 3 rings (SSSR count). The number of ether oxygens (including phenoxy) is 1. The van der Waals surface area contributed by atoms with E-state index in [2.05, 4.69) is 5.32 Å². The van der Waals surface area contributed by atoms with Crippen LogP contribution in [0.1, 0.15) is 11.6 Å². The Bertz CT molecular complexity index is 655. The molecule has 1 unspecified atom stereocenters. The Labute approximate surface area is 121 Å².